The minimum atomic E-state index is 0.546. The Bertz CT molecular complexity index is 547. The predicted molar refractivity (Wildman–Crippen MR) is 86.6 cm³/mol. The molecule has 6 heteroatoms. The average Bonchev–Trinajstić information content (AvgIpc) is 2.40. The standard InChI is InChI=1S/C13H12Cl2N2S2/c14-9-1-3-11(15)12(7-9)19-6-5-18-10-2-4-13(16)17-8-10/h1-4,7-8H,5-6H2,(H2,16,17). The first-order valence-electron chi connectivity index (χ1n) is 5.57. The van der Waals surface area contributed by atoms with E-state index in [1.165, 1.54) is 0 Å². The number of nitrogen functional groups attached to an aromatic ring is 1. The Labute approximate surface area is 131 Å². The molecule has 0 atom stereocenters. The molecule has 1 aromatic carbocycles. The van der Waals surface area contributed by atoms with Gasteiger partial charge in [-0.05, 0) is 30.3 Å². The Morgan fingerprint density at radius 2 is 1.84 bits per heavy atom. The van der Waals surface area contributed by atoms with E-state index >= 15 is 0 Å². The molecule has 0 radical (unpaired) electrons. The van der Waals surface area contributed by atoms with Crippen molar-refractivity contribution in [3.8, 4) is 0 Å². The van der Waals surface area contributed by atoms with Crippen molar-refractivity contribution >= 4 is 52.5 Å². The number of nitrogens with two attached hydrogens (primary N) is 1. The molecule has 19 heavy (non-hydrogen) atoms. The van der Waals surface area contributed by atoms with Crippen LogP contribution in [0.25, 0.3) is 0 Å². The van der Waals surface area contributed by atoms with Gasteiger partial charge in [-0.15, -0.1) is 23.5 Å². The number of halogens is 2. The van der Waals surface area contributed by atoms with Crippen LogP contribution in [0, 0.1) is 0 Å². The number of hydrogen-bond donors (Lipinski definition) is 1. The zero-order valence-corrected chi connectivity index (χ0v) is 13.1. The van der Waals surface area contributed by atoms with Crippen LogP contribution in [0.3, 0.4) is 0 Å². The monoisotopic (exact) mass is 330 g/mol. The van der Waals surface area contributed by atoms with Gasteiger partial charge in [0.25, 0.3) is 0 Å². The minimum Gasteiger partial charge on any atom is -0.384 e. The molecule has 1 heterocycles. The van der Waals surface area contributed by atoms with E-state index in [-0.39, 0.29) is 0 Å². The highest BCUT2D eigenvalue weighted by Gasteiger charge is 2.02. The smallest absolute Gasteiger partial charge is 0.123 e. The highest BCUT2D eigenvalue weighted by molar-refractivity contribution is 8.03. The summed E-state index contributed by atoms with van der Waals surface area (Å²) in [5.41, 5.74) is 5.54. The quantitative estimate of drug-likeness (QED) is 0.628. The van der Waals surface area contributed by atoms with E-state index in [1.807, 2.05) is 24.3 Å². The van der Waals surface area contributed by atoms with Crippen molar-refractivity contribution < 1.29 is 0 Å². The van der Waals surface area contributed by atoms with Crippen LogP contribution < -0.4 is 5.73 Å². The summed E-state index contributed by atoms with van der Waals surface area (Å²) in [4.78, 5) is 6.19. The Balaban J connectivity index is 1.80. The van der Waals surface area contributed by atoms with Crippen molar-refractivity contribution in [2.24, 2.45) is 0 Å². The lowest BCUT2D eigenvalue weighted by Gasteiger charge is -2.05. The first-order chi connectivity index (χ1) is 9.15. The predicted octanol–water partition coefficient (Wildman–Crippen LogP) is 4.86. The summed E-state index contributed by atoms with van der Waals surface area (Å²) in [6.07, 6.45) is 1.79. The van der Waals surface area contributed by atoms with Gasteiger partial charge in [0.05, 0.1) is 5.02 Å². The Morgan fingerprint density at radius 1 is 1.05 bits per heavy atom. The van der Waals surface area contributed by atoms with Crippen LogP contribution in [0.1, 0.15) is 0 Å². The van der Waals surface area contributed by atoms with Crippen molar-refractivity contribution in [1.82, 2.24) is 4.98 Å². The first kappa shape index (κ1) is 14.9. The zero-order valence-electron chi connectivity index (χ0n) is 9.98. The van der Waals surface area contributed by atoms with Gasteiger partial charge in [-0.1, -0.05) is 23.2 Å². The summed E-state index contributed by atoms with van der Waals surface area (Å²) in [7, 11) is 0. The number of rotatable bonds is 5. The summed E-state index contributed by atoms with van der Waals surface area (Å²) in [5.74, 6) is 2.47. The van der Waals surface area contributed by atoms with Crippen LogP contribution >= 0.6 is 46.7 Å². The number of pyridine rings is 1. The molecular weight excluding hydrogens is 319 g/mol. The van der Waals surface area contributed by atoms with E-state index in [4.69, 9.17) is 28.9 Å². The van der Waals surface area contributed by atoms with Crippen molar-refractivity contribution in [3.63, 3.8) is 0 Å². The molecule has 2 rings (SSSR count). The maximum absolute atomic E-state index is 6.10. The van der Waals surface area contributed by atoms with E-state index in [1.54, 1.807) is 35.8 Å². The molecule has 0 saturated heterocycles. The number of hydrogen-bond acceptors (Lipinski definition) is 4. The lowest BCUT2D eigenvalue weighted by Crippen LogP contribution is -1.89. The average molecular weight is 331 g/mol. The molecule has 0 aliphatic carbocycles. The highest BCUT2D eigenvalue weighted by Crippen LogP contribution is 2.31. The summed E-state index contributed by atoms with van der Waals surface area (Å²) < 4.78 is 0. The van der Waals surface area contributed by atoms with Crippen LogP contribution in [0.2, 0.25) is 10.0 Å². The van der Waals surface area contributed by atoms with E-state index in [0.717, 1.165) is 26.3 Å². The normalized spacial score (nSPS) is 10.6. The molecule has 0 unspecified atom stereocenters. The van der Waals surface area contributed by atoms with Gasteiger partial charge in [-0.25, -0.2) is 4.98 Å². The van der Waals surface area contributed by atoms with Gasteiger partial charge in [0.15, 0.2) is 0 Å². The second-order valence-corrected chi connectivity index (χ2v) is 6.84. The molecule has 0 bridgehead atoms. The van der Waals surface area contributed by atoms with Crippen molar-refractivity contribution in [2.45, 2.75) is 9.79 Å². The van der Waals surface area contributed by atoms with Gasteiger partial charge < -0.3 is 5.73 Å². The van der Waals surface area contributed by atoms with Crippen molar-refractivity contribution in [2.75, 3.05) is 17.2 Å². The minimum absolute atomic E-state index is 0.546. The third-order valence-corrected chi connectivity index (χ3v) is 5.24. The van der Waals surface area contributed by atoms with Gasteiger partial charge in [-0.3, -0.25) is 0 Å². The molecule has 0 spiro atoms. The molecule has 2 N–H and O–H groups in total. The van der Waals surface area contributed by atoms with E-state index in [0.29, 0.717) is 10.8 Å². The lowest BCUT2D eigenvalue weighted by atomic mass is 10.4. The van der Waals surface area contributed by atoms with Crippen molar-refractivity contribution in [3.05, 3.63) is 46.6 Å². The maximum atomic E-state index is 6.10. The first-order valence-corrected chi connectivity index (χ1v) is 8.30. The van der Waals surface area contributed by atoms with E-state index in [2.05, 4.69) is 4.98 Å². The maximum Gasteiger partial charge on any atom is 0.123 e. The number of anilines is 1. The number of nitrogens with zero attached hydrogens (tertiary/aromatic N) is 1. The SMILES string of the molecule is Nc1ccc(SCCSc2cc(Cl)ccc2Cl)cn1. The molecular formula is C13H12Cl2N2S2. The molecule has 0 saturated carbocycles. The summed E-state index contributed by atoms with van der Waals surface area (Å²) in [5, 5.41) is 1.45. The fraction of sp³-hybridized carbons (Fsp3) is 0.154. The van der Waals surface area contributed by atoms with Crippen LogP contribution in [-0.2, 0) is 0 Å². The third-order valence-electron chi connectivity index (χ3n) is 2.26. The highest BCUT2D eigenvalue weighted by atomic mass is 35.5. The van der Waals surface area contributed by atoms with E-state index in [9.17, 15) is 0 Å². The van der Waals surface area contributed by atoms with Gasteiger partial charge >= 0.3 is 0 Å². The molecule has 0 aliphatic rings. The molecule has 0 aliphatic heterocycles. The Kier molecular flexibility index (Phi) is 5.70. The number of benzene rings is 1. The second kappa shape index (κ2) is 7.29. The van der Waals surface area contributed by atoms with Crippen LogP contribution in [0.5, 0.6) is 0 Å². The fourth-order valence-corrected chi connectivity index (χ4v) is 3.72. The Hall–Kier alpha value is -0.550. The molecule has 100 valence electrons. The fourth-order valence-electron chi connectivity index (χ4n) is 1.38. The van der Waals surface area contributed by atoms with Crippen molar-refractivity contribution in [1.29, 1.82) is 0 Å². The van der Waals surface area contributed by atoms with Crippen LogP contribution in [0.4, 0.5) is 5.82 Å². The van der Waals surface area contributed by atoms with Crippen LogP contribution in [0.15, 0.2) is 46.3 Å². The van der Waals surface area contributed by atoms with E-state index < -0.39 is 0 Å². The third kappa shape index (κ3) is 4.80. The molecule has 1 aromatic heterocycles. The van der Waals surface area contributed by atoms with Gasteiger partial charge in [0.2, 0.25) is 0 Å². The summed E-state index contributed by atoms with van der Waals surface area (Å²) >= 11 is 15.5. The molecule has 0 fully saturated rings. The number of aromatic nitrogens is 1. The summed E-state index contributed by atoms with van der Waals surface area (Å²) in [6.45, 7) is 0. The molecule has 2 nitrogen and oxygen atoms in total. The van der Waals surface area contributed by atoms with Gasteiger partial charge in [-0.2, -0.15) is 0 Å². The van der Waals surface area contributed by atoms with Crippen LogP contribution in [-0.4, -0.2) is 16.5 Å². The lowest BCUT2D eigenvalue weighted by molar-refractivity contribution is 1.24. The topological polar surface area (TPSA) is 38.9 Å². The number of thioether (sulfide) groups is 2. The Morgan fingerprint density at radius 3 is 2.58 bits per heavy atom. The van der Waals surface area contributed by atoms with Gasteiger partial charge in [0, 0.05) is 32.5 Å². The zero-order chi connectivity index (χ0) is 13.7. The summed E-state index contributed by atoms with van der Waals surface area (Å²) in [6, 6.07) is 9.29. The molecule has 2 aromatic rings. The second-order valence-electron chi connectivity index (χ2n) is 3.69. The molecule has 0 amide bonds. The largest absolute Gasteiger partial charge is 0.384 e. The van der Waals surface area contributed by atoms with Gasteiger partial charge in [0.1, 0.15) is 5.82 Å².